The molecule has 1 saturated heterocycles. The van der Waals surface area contributed by atoms with Gasteiger partial charge in [0.15, 0.2) is 0 Å². The van der Waals surface area contributed by atoms with E-state index in [1.54, 1.807) is 25.3 Å². The Hall–Kier alpha value is -1.79. The van der Waals surface area contributed by atoms with E-state index in [1.165, 1.54) is 0 Å². The van der Waals surface area contributed by atoms with Crippen LogP contribution in [0, 0.1) is 0 Å². The molecule has 1 aliphatic rings. The minimum Gasteiger partial charge on any atom is -0.495 e. The summed E-state index contributed by atoms with van der Waals surface area (Å²) < 4.78 is 5.10. The number of benzene rings is 1. The molecule has 0 saturated carbocycles. The number of hydrogen-bond acceptors (Lipinski definition) is 5. The summed E-state index contributed by atoms with van der Waals surface area (Å²) in [6, 6.07) is 5.26. The maximum atomic E-state index is 12.1. The number of carbonyl (C=O) groups is 1. The molecule has 21 heavy (non-hydrogen) atoms. The average molecular weight is 292 g/mol. The van der Waals surface area contributed by atoms with Crippen molar-refractivity contribution in [1.29, 1.82) is 0 Å². The number of methoxy groups -OCH3 is 1. The van der Waals surface area contributed by atoms with Gasteiger partial charge in [0.1, 0.15) is 5.75 Å². The molecule has 0 unspecified atom stereocenters. The molecule has 1 aromatic rings. The number of nitrogens with one attached hydrogen (secondary N) is 1. The Balaban J connectivity index is 1.83. The van der Waals surface area contributed by atoms with Gasteiger partial charge >= 0.3 is 0 Å². The predicted molar refractivity (Wildman–Crippen MR) is 84.6 cm³/mol. The second-order valence-corrected chi connectivity index (χ2v) is 5.22. The SMILES string of the molecule is CCN1CCN(CC(=O)Nc2ccc(OC)c(N)c2)CC1. The topological polar surface area (TPSA) is 70.8 Å². The number of amides is 1. The van der Waals surface area contributed by atoms with Crippen LogP contribution in [-0.2, 0) is 4.79 Å². The lowest BCUT2D eigenvalue weighted by molar-refractivity contribution is -0.117. The molecule has 2 rings (SSSR count). The van der Waals surface area contributed by atoms with Crippen molar-refractivity contribution in [3.05, 3.63) is 18.2 Å². The van der Waals surface area contributed by atoms with Crippen LogP contribution in [0.5, 0.6) is 5.75 Å². The molecule has 0 aliphatic carbocycles. The third-order valence-corrected chi connectivity index (χ3v) is 3.79. The average Bonchev–Trinajstić information content (AvgIpc) is 2.48. The normalized spacial score (nSPS) is 16.7. The van der Waals surface area contributed by atoms with Crippen molar-refractivity contribution in [1.82, 2.24) is 9.80 Å². The number of ether oxygens (including phenoxy) is 1. The Morgan fingerprint density at radius 2 is 1.95 bits per heavy atom. The highest BCUT2D eigenvalue weighted by molar-refractivity contribution is 5.92. The van der Waals surface area contributed by atoms with Gasteiger partial charge in [0.2, 0.25) is 5.91 Å². The van der Waals surface area contributed by atoms with E-state index in [0.29, 0.717) is 23.7 Å². The number of likely N-dealkylation sites (N-methyl/N-ethyl adjacent to an activating group) is 1. The number of anilines is 2. The molecule has 1 heterocycles. The predicted octanol–water partition coefficient (Wildman–Crippen LogP) is 0.853. The van der Waals surface area contributed by atoms with Crippen molar-refractivity contribution in [2.45, 2.75) is 6.92 Å². The number of nitrogens with zero attached hydrogens (tertiary/aromatic N) is 2. The first-order chi connectivity index (χ1) is 10.1. The zero-order chi connectivity index (χ0) is 15.2. The van der Waals surface area contributed by atoms with Gasteiger partial charge in [0, 0.05) is 31.9 Å². The molecule has 0 aromatic heterocycles. The van der Waals surface area contributed by atoms with Gasteiger partial charge in [-0.25, -0.2) is 0 Å². The molecular formula is C15H24N4O2. The summed E-state index contributed by atoms with van der Waals surface area (Å²) in [5.74, 6) is 0.605. The number of rotatable bonds is 5. The number of hydrogen-bond donors (Lipinski definition) is 2. The minimum atomic E-state index is -0.00971. The quantitative estimate of drug-likeness (QED) is 0.788. The number of piperazine rings is 1. The molecule has 116 valence electrons. The zero-order valence-electron chi connectivity index (χ0n) is 12.8. The molecule has 0 bridgehead atoms. The zero-order valence-corrected chi connectivity index (χ0v) is 12.8. The molecule has 0 radical (unpaired) electrons. The van der Waals surface area contributed by atoms with Crippen LogP contribution in [-0.4, -0.2) is 62.1 Å². The van der Waals surface area contributed by atoms with E-state index in [1.807, 2.05) is 0 Å². The molecule has 3 N–H and O–H groups in total. The van der Waals surface area contributed by atoms with Crippen LogP contribution in [0.2, 0.25) is 0 Å². The second-order valence-electron chi connectivity index (χ2n) is 5.22. The van der Waals surface area contributed by atoms with Gasteiger partial charge in [0.25, 0.3) is 0 Å². The number of carbonyl (C=O) groups excluding carboxylic acids is 1. The molecule has 1 amide bonds. The number of nitrogen functional groups attached to an aromatic ring is 1. The summed E-state index contributed by atoms with van der Waals surface area (Å²) in [5.41, 5.74) is 7.05. The number of nitrogens with two attached hydrogens (primary N) is 1. The highest BCUT2D eigenvalue weighted by Crippen LogP contribution is 2.24. The van der Waals surface area contributed by atoms with Crippen molar-refractivity contribution in [2.24, 2.45) is 0 Å². The molecule has 6 heteroatoms. The summed E-state index contributed by atoms with van der Waals surface area (Å²) in [4.78, 5) is 16.6. The summed E-state index contributed by atoms with van der Waals surface area (Å²) in [6.07, 6.45) is 0. The lowest BCUT2D eigenvalue weighted by atomic mass is 10.2. The van der Waals surface area contributed by atoms with Crippen molar-refractivity contribution in [3.63, 3.8) is 0 Å². The Kier molecular flexibility index (Phi) is 5.41. The fraction of sp³-hybridized carbons (Fsp3) is 0.533. The Morgan fingerprint density at radius 1 is 1.29 bits per heavy atom. The van der Waals surface area contributed by atoms with Crippen LogP contribution in [0.4, 0.5) is 11.4 Å². The summed E-state index contributed by atoms with van der Waals surface area (Å²) in [7, 11) is 1.57. The van der Waals surface area contributed by atoms with Crippen LogP contribution in [0.25, 0.3) is 0 Å². The van der Waals surface area contributed by atoms with Crippen molar-refractivity contribution >= 4 is 17.3 Å². The summed E-state index contributed by atoms with van der Waals surface area (Å²) >= 11 is 0. The van der Waals surface area contributed by atoms with E-state index in [2.05, 4.69) is 22.0 Å². The van der Waals surface area contributed by atoms with Gasteiger partial charge in [0.05, 0.1) is 19.3 Å². The van der Waals surface area contributed by atoms with Crippen LogP contribution in [0.1, 0.15) is 6.92 Å². The Labute approximate surface area is 125 Å². The highest BCUT2D eigenvalue weighted by atomic mass is 16.5. The van der Waals surface area contributed by atoms with Crippen molar-refractivity contribution in [3.8, 4) is 5.75 Å². The maximum Gasteiger partial charge on any atom is 0.238 e. The molecule has 1 aliphatic heterocycles. The second kappa shape index (κ2) is 7.28. The first-order valence-electron chi connectivity index (χ1n) is 7.30. The van der Waals surface area contributed by atoms with Crippen LogP contribution in [0.3, 0.4) is 0 Å². The molecule has 1 fully saturated rings. The molecule has 1 aromatic carbocycles. The molecule has 6 nitrogen and oxygen atoms in total. The van der Waals surface area contributed by atoms with E-state index < -0.39 is 0 Å². The lowest BCUT2D eigenvalue weighted by Gasteiger charge is -2.33. The fourth-order valence-corrected chi connectivity index (χ4v) is 2.48. The molecule has 0 spiro atoms. The molecular weight excluding hydrogens is 268 g/mol. The van der Waals surface area contributed by atoms with E-state index >= 15 is 0 Å². The van der Waals surface area contributed by atoms with Crippen molar-refractivity contribution in [2.75, 3.05) is 57.4 Å². The van der Waals surface area contributed by atoms with Crippen LogP contribution < -0.4 is 15.8 Å². The highest BCUT2D eigenvalue weighted by Gasteiger charge is 2.17. The van der Waals surface area contributed by atoms with E-state index in [0.717, 1.165) is 32.7 Å². The van der Waals surface area contributed by atoms with E-state index in [4.69, 9.17) is 10.5 Å². The van der Waals surface area contributed by atoms with Gasteiger partial charge in [-0.15, -0.1) is 0 Å². The summed E-state index contributed by atoms with van der Waals surface area (Å²) in [6.45, 7) is 7.58. The van der Waals surface area contributed by atoms with Crippen LogP contribution in [0.15, 0.2) is 18.2 Å². The Bertz CT molecular complexity index is 485. The monoisotopic (exact) mass is 292 g/mol. The first-order valence-corrected chi connectivity index (χ1v) is 7.30. The van der Waals surface area contributed by atoms with Crippen molar-refractivity contribution < 1.29 is 9.53 Å². The van der Waals surface area contributed by atoms with Gasteiger partial charge in [-0.3, -0.25) is 9.69 Å². The maximum absolute atomic E-state index is 12.1. The third-order valence-electron chi connectivity index (χ3n) is 3.79. The molecule has 0 atom stereocenters. The first kappa shape index (κ1) is 15.6. The third kappa shape index (κ3) is 4.34. The van der Waals surface area contributed by atoms with Gasteiger partial charge in [-0.2, -0.15) is 0 Å². The summed E-state index contributed by atoms with van der Waals surface area (Å²) in [5, 5.41) is 2.88. The Morgan fingerprint density at radius 3 is 2.52 bits per heavy atom. The van der Waals surface area contributed by atoms with E-state index in [9.17, 15) is 4.79 Å². The standard InChI is InChI=1S/C15H24N4O2/c1-3-18-6-8-19(9-7-18)11-15(20)17-12-4-5-14(21-2)13(16)10-12/h4-5,10H,3,6-9,11,16H2,1-2H3,(H,17,20). The van der Waals surface area contributed by atoms with Gasteiger partial charge in [-0.1, -0.05) is 6.92 Å². The van der Waals surface area contributed by atoms with Gasteiger partial charge in [-0.05, 0) is 24.7 Å². The van der Waals surface area contributed by atoms with E-state index in [-0.39, 0.29) is 5.91 Å². The minimum absolute atomic E-state index is 0.00971. The fourth-order valence-electron chi connectivity index (χ4n) is 2.48. The smallest absolute Gasteiger partial charge is 0.238 e. The lowest BCUT2D eigenvalue weighted by Crippen LogP contribution is -2.48. The largest absolute Gasteiger partial charge is 0.495 e. The van der Waals surface area contributed by atoms with Gasteiger partial charge < -0.3 is 20.7 Å². The van der Waals surface area contributed by atoms with Crippen LogP contribution >= 0.6 is 0 Å².